The van der Waals surface area contributed by atoms with Crippen molar-refractivity contribution in [3.63, 3.8) is 0 Å². The van der Waals surface area contributed by atoms with Gasteiger partial charge in [-0.3, -0.25) is 14.3 Å². The Morgan fingerprint density at radius 3 is 1.79 bits per heavy atom. The molecule has 0 radical (unpaired) electrons. The van der Waals surface area contributed by atoms with Gasteiger partial charge in [-0.15, -0.1) is 11.8 Å². The number of rotatable bonds is 12. The van der Waals surface area contributed by atoms with E-state index in [4.69, 9.17) is 13.9 Å². The number of H-pyrrole nitrogens is 1. The Hall–Kier alpha value is -4.50. The van der Waals surface area contributed by atoms with E-state index in [1.807, 2.05) is 84.9 Å². The Kier molecular flexibility index (Phi) is 10.9. The highest BCUT2D eigenvalue weighted by molar-refractivity contribution is 8.00. The molecule has 1 N–H and O–H groups in total. The summed E-state index contributed by atoms with van der Waals surface area (Å²) in [5.74, 6) is 0. The van der Waals surface area contributed by atoms with Gasteiger partial charge in [0.15, 0.2) is 14.5 Å². The molecule has 4 atom stereocenters. The predicted octanol–water partition coefficient (Wildman–Crippen LogP) is 8.28. The number of hydrogen-bond donors (Lipinski definition) is 1. The first kappa shape index (κ1) is 37.3. The fourth-order valence-corrected chi connectivity index (χ4v) is 9.43. The highest BCUT2D eigenvalue weighted by atomic mass is 32.2. The molecule has 0 aliphatic carbocycles. The number of nitrogens with one attached hydrogen (secondary N) is 1. The van der Waals surface area contributed by atoms with Crippen LogP contribution in [-0.2, 0) is 19.5 Å². The van der Waals surface area contributed by atoms with Gasteiger partial charge in [0.1, 0.15) is 17.8 Å². The lowest BCUT2D eigenvalue weighted by molar-refractivity contribution is -0.0882. The molecule has 1 aromatic heterocycles. The molecule has 1 saturated heterocycles. The van der Waals surface area contributed by atoms with E-state index in [2.05, 4.69) is 81.3 Å². The second-order valence-electron chi connectivity index (χ2n) is 14.6. The molecule has 268 valence electrons. The minimum Gasteiger partial charge on any atom is -0.408 e. The minimum atomic E-state index is -2.59. The number of nitriles is 1. The number of aromatic nitrogens is 2. The number of aromatic amines is 1. The van der Waals surface area contributed by atoms with Gasteiger partial charge < -0.3 is 13.9 Å². The highest BCUT2D eigenvalue weighted by Crippen LogP contribution is 2.55. The Bertz CT molecular complexity index is 2000. The predicted molar refractivity (Wildman–Crippen MR) is 208 cm³/mol. The van der Waals surface area contributed by atoms with Crippen LogP contribution >= 0.6 is 11.8 Å². The molecule has 4 aromatic carbocycles. The fraction of sp³-hybridized carbons (Fsp3) is 0.310. The van der Waals surface area contributed by atoms with Crippen LogP contribution in [-0.4, -0.2) is 41.4 Å². The van der Waals surface area contributed by atoms with Crippen LogP contribution in [0.25, 0.3) is 0 Å². The average Bonchev–Trinajstić information content (AvgIpc) is 3.41. The third-order valence-electron chi connectivity index (χ3n) is 10.3. The van der Waals surface area contributed by atoms with Gasteiger partial charge >= 0.3 is 5.69 Å². The van der Waals surface area contributed by atoms with Gasteiger partial charge in [-0.25, -0.2) is 4.79 Å². The Labute approximate surface area is 310 Å². The van der Waals surface area contributed by atoms with Crippen LogP contribution in [0.5, 0.6) is 0 Å². The maximum Gasteiger partial charge on any atom is 0.330 e. The molecule has 1 aliphatic heterocycles. The minimum absolute atomic E-state index is 0.0312. The zero-order valence-corrected chi connectivity index (χ0v) is 32.0. The molecular formula is C42H45N3O5SSi. The third-order valence-corrected chi connectivity index (χ3v) is 16.3. The summed E-state index contributed by atoms with van der Waals surface area (Å²) in [7, 11) is -2.59. The summed E-state index contributed by atoms with van der Waals surface area (Å²) in [5, 5.41) is 10.4. The van der Waals surface area contributed by atoms with E-state index in [0.29, 0.717) is 0 Å². The van der Waals surface area contributed by atoms with Crippen molar-refractivity contribution in [3.8, 4) is 6.07 Å². The van der Waals surface area contributed by atoms with Gasteiger partial charge in [0.05, 0.1) is 23.8 Å². The summed E-state index contributed by atoms with van der Waals surface area (Å²) >= 11 is 1.52. The Balaban J connectivity index is 1.56. The zero-order chi connectivity index (χ0) is 37.0. The van der Waals surface area contributed by atoms with E-state index >= 15 is 0 Å². The maximum atomic E-state index is 13.5. The van der Waals surface area contributed by atoms with Crippen molar-refractivity contribution in [2.45, 2.75) is 79.0 Å². The molecule has 0 saturated carbocycles. The maximum absolute atomic E-state index is 13.5. The lowest BCUT2D eigenvalue weighted by atomic mass is 9.80. The highest BCUT2D eigenvalue weighted by Gasteiger charge is 2.61. The summed E-state index contributed by atoms with van der Waals surface area (Å²) in [5.41, 5.74) is 0.580. The summed E-state index contributed by atoms with van der Waals surface area (Å²) in [4.78, 5) is 29.1. The molecule has 52 heavy (non-hydrogen) atoms. The number of benzene rings is 4. The molecule has 10 heteroatoms. The number of ether oxygens (including phenoxy) is 2. The molecule has 0 amide bonds. The van der Waals surface area contributed by atoms with Gasteiger partial charge in [0.25, 0.3) is 5.56 Å². The summed E-state index contributed by atoms with van der Waals surface area (Å²) in [6.45, 7) is 10.8. The monoisotopic (exact) mass is 731 g/mol. The Morgan fingerprint density at radius 2 is 1.33 bits per heavy atom. The molecule has 2 heterocycles. The van der Waals surface area contributed by atoms with Gasteiger partial charge in [-0.1, -0.05) is 130 Å². The number of hydrogen-bond acceptors (Lipinski definition) is 7. The second kappa shape index (κ2) is 15.2. The van der Waals surface area contributed by atoms with Crippen LogP contribution in [0.3, 0.4) is 0 Å². The summed E-state index contributed by atoms with van der Waals surface area (Å²) in [6.07, 6.45) is -1.04. The first-order valence-corrected chi connectivity index (χ1v) is 21.2. The van der Waals surface area contributed by atoms with Gasteiger partial charge in [0.2, 0.25) is 0 Å². The van der Waals surface area contributed by atoms with Crippen LogP contribution < -0.4 is 11.2 Å². The van der Waals surface area contributed by atoms with Crippen molar-refractivity contribution in [1.29, 1.82) is 5.26 Å². The van der Waals surface area contributed by atoms with Crippen molar-refractivity contribution in [3.05, 3.63) is 171 Å². The Morgan fingerprint density at radius 1 is 0.827 bits per heavy atom. The van der Waals surface area contributed by atoms with E-state index in [-0.39, 0.29) is 18.1 Å². The zero-order valence-electron chi connectivity index (χ0n) is 30.2. The third kappa shape index (κ3) is 7.25. The van der Waals surface area contributed by atoms with E-state index in [1.54, 1.807) is 0 Å². The van der Waals surface area contributed by atoms with E-state index in [1.165, 1.54) is 28.6 Å². The topological polar surface area (TPSA) is 106 Å². The summed E-state index contributed by atoms with van der Waals surface area (Å²) in [6, 6.07) is 43.9. The number of thioether (sulfide) groups is 1. The van der Waals surface area contributed by atoms with Crippen molar-refractivity contribution >= 4 is 20.1 Å². The first-order chi connectivity index (χ1) is 24.9. The van der Waals surface area contributed by atoms with Crippen LogP contribution in [0.4, 0.5) is 0 Å². The number of nitrogens with zero attached hydrogens (tertiary/aromatic N) is 2. The van der Waals surface area contributed by atoms with Crippen LogP contribution in [0, 0.1) is 11.3 Å². The van der Waals surface area contributed by atoms with Crippen LogP contribution in [0.15, 0.2) is 148 Å². The standard InChI is InChI=1S/C42H45N3O5SSi/c1-40(2,3)52(4,5)50-37-38(45-29-26-36(46)44-39(45)47)49-35(41(37,27-28-43)51-34-24-16-9-17-25-34)30-48-42(31-18-10-6-11-19-31,32-20-12-7-13-21-32)33-22-14-8-15-23-33/h6-26,29,35,37-38H,27,30H2,1-5H3,(H,44,46,47). The second-order valence-corrected chi connectivity index (χ2v) is 20.8. The lowest BCUT2D eigenvalue weighted by Crippen LogP contribution is -2.55. The normalized spacial score (nSPS) is 20.7. The van der Waals surface area contributed by atoms with Crippen molar-refractivity contribution in [2.24, 2.45) is 0 Å². The smallest absolute Gasteiger partial charge is 0.330 e. The molecule has 1 aliphatic rings. The van der Waals surface area contributed by atoms with Gasteiger partial charge in [-0.2, -0.15) is 5.26 Å². The fourth-order valence-electron chi connectivity index (χ4n) is 6.63. The molecule has 8 nitrogen and oxygen atoms in total. The molecule has 0 spiro atoms. The van der Waals surface area contributed by atoms with E-state index in [0.717, 1.165) is 21.6 Å². The van der Waals surface area contributed by atoms with E-state index < -0.39 is 48.4 Å². The van der Waals surface area contributed by atoms with Crippen molar-refractivity contribution in [1.82, 2.24) is 9.55 Å². The van der Waals surface area contributed by atoms with E-state index in [9.17, 15) is 14.9 Å². The molecular weight excluding hydrogens is 687 g/mol. The van der Waals surface area contributed by atoms with Gasteiger partial charge in [-0.05, 0) is 47.0 Å². The molecule has 1 fully saturated rings. The molecule has 6 rings (SSSR count). The first-order valence-electron chi connectivity index (χ1n) is 17.5. The quantitative estimate of drug-likeness (QED) is 0.102. The molecule has 5 aromatic rings. The van der Waals surface area contributed by atoms with Crippen molar-refractivity contribution in [2.75, 3.05) is 6.61 Å². The SMILES string of the molecule is CC(C)(C)[Si](C)(C)OC1C(n2ccc(=O)[nH]c2=O)OC(COC(c2ccccc2)(c2ccccc2)c2ccccc2)C1(CC#N)Sc1ccccc1. The molecule has 0 bridgehead atoms. The largest absolute Gasteiger partial charge is 0.408 e. The van der Waals surface area contributed by atoms with Crippen molar-refractivity contribution < 1.29 is 13.9 Å². The van der Waals surface area contributed by atoms with Gasteiger partial charge in [0, 0.05) is 17.2 Å². The van der Waals surface area contributed by atoms with Crippen LogP contribution in [0.2, 0.25) is 18.1 Å². The summed E-state index contributed by atoms with van der Waals surface area (Å²) < 4.78 is 22.0. The lowest BCUT2D eigenvalue weighted by Gasteiger charge is -2.45. The molecule has 4 unspecified atom stereocenters. The average molecular weight is 732 g/mol. The van der Waals surface area contributed by atoms with Crippen LogP contribution in [0.1, 0.15) is 50.1 Å².